The summed E-state index contributed by atoms with van der Waals surface area (Å²) in [5, 5.41) is 21.4. The zero-order valence-corrected chi connectivity index (χ0v) is 4.16. The topological polar surface area (TPSA) is 94.8 Å². The number of carbonyl (C=O) groups is 2. The summed E-state index contributed by atoms with van der Waals surface area (Å²) in [5.41, 5.74) is 0. The Bertz CT molecular complexity index is 72.9. The number of rotatable bonds is 0. The fourth-order valence-electron chi connectivity index (χ4n) is 0. The minimum absolute atomic E-state index is 0. The SMILES string of the molecule is CC(=O)O.O=C(O)O.[KH].[KH]. The first kappa shape index (κ1) is 22.7. The Morgan fingerprint density at radius 2 is 1.00 bits per heavy atom. The van der Waals surface area contributed by atoms with Crippen molar-refractivity contribution in [3.8, 4) is 0 Å². The van der Waals surface area contributed by atoms with Gasteiger partial charge in [0.1, 0.15) is 0 Å². The summed E-state index contributed by atoms with van der Waals surface area (Å²) in [6, 6.07) is 0. The molecule has 0 aromatic rings. The zero-order valence-electron chi connectivity index (χ0n) is 4.16. The predicted molar refractivity (Wildman–Crippen MR) is 38.3 cm³/mol. The van der Waals surface area contributed by atoms with Crippen LogP contribution in [0, 0.1) is 0 Å². The van der Waals surface area contributed by atoms with E-state index in [9.17, 15) is 0 Å². The van der Waals surface area contributed by atoms with E-state index in [2.05, 4.69) is 0 Å². The van der Waals surface area contributed by atoms with Crippen molar-refractivity contribution >= 4 is 115 Å². The molecular weight excluding hydrogens is 194 g/mol. The van der Waals surface area contributed by atoms with Crippen LogP contribution in [0.15, 0.2) is 0 Å². The number of aliphatic carboxylic acids is 1. The van der Waals surface area contributed by atoms with Crippen LogP contribution in [0.25, 0.3) is 0 Å². The maximum atomic E-state index is 9.00. The van der Waals surface area contributed by atoms with Crippen LogP contribution in [0.5, 0.6) is 0 Å². The summed E-state index contributed by atoms with van der Waals surface area (Å²) >= 11 is 0. The van der Waals surface area contributed by atoms with E-state index in [0.29, 0.717) is 0 Å². The normalized spacial score (nSPS) is 4.90. The molecule has 0 aliphatic heterocycles. The molecule has 0 rings (SSSR count). The van der Waals surface area contributed by atoms with Gasteiger partial charge in [-0.2, -0.15) is 0 Å². The van der Waals surface area contributed by atoms with E-state index in [-0.39, 0.29) is 103 Å². The van der Waals surface area contributed by atoms with E-state index < -0.39 is 12.1 Å². The third-order valence-electron chi connectivity index (χ3n) is 0. The molecule has 0 heterocycles. The molecule has 0 fully saturated rings. The standard InChI is InChI=1S/C2H4O2.CH2O3.2K.2H/c1-2(3)4;2-1(3)4;;;;/h1H3,(H,3,4);(H2,2,3,4);;;;. The van der Waals surface area contributed by atoms with Crippen molar-refractivity contribution in [2.45, 2.75) is 6.92 Å². The Kier molecular flexibility index (Phi) is 39.0. The molecule has 0 aromatic heterocycles. The molecule has 0 spiro atoms. The zero-order chi connectivity index (χ0) is 7.15. The van der Waals surface area contributed by atoms with Crippen LogP contribution in [-0.4, -0.2) is 130 Å². The second-order valence-electron chi connectivity index (χ2n) is 0.802. The Labute approximate surface area is 143 Å². The molecule has 7 heteroatoms. The first-order valence-corrected chi connectivity index (χ1v) is 1.58. The molecule has 0 aromatic carbocycles. The summed E-state index contributed by atoms with van der Waals surface area (Å²) in [6.45, 7) is 1.08. The monoisotopic (exact) mass is 202 g/mol. The van der Waals surface area contributed by atoms with Crippen LogP contribution >= 0.6 is 0 Å². The minimum atomic E-state index is -1.83. The van der Waals surface area contributed by atoms with E-state index in [4.69, 9.17) is 24.9 Å². The van der Waals surface area contributed by atoms with Gasteiger partial charge in [-0.25, -0.2) is 4.79 Å². The quantitative estimate of drug-likeness (QED) is 0.439. The van der Waals surface area contributed by atoms with E-state index >= 15 is 0 Å². The van der Waals surface area contributed by atoms with Crippen LogP contribution < -0.4 is 0 Å². The third kappa shape index (κ3) is 201. The summed E-state index contributed by atoms with van der Waals surface area (Å²) in [4.78, 5) is 17.6. The van der Waals surface area contributed by atoms with Crippen molar-refractivity contribution in [2.75, 3.05) is 0 Å². The van der Waals surface area contributed by atoms with E-state index in [1.54, 1.807) is 0 Å². The van der Waals surface area contributed by atoms with Crippen LogP contribution in [-0.2, 0) is 4.79 Å². The molecule has 5 nitrogen and oxygen atoms in total. The maximum absolute atomic E-state index is 9.00. The average Bonchev–Trinajstić information content (AvgIpc) is 1.25. The Hall–Kier alpha value is 2.01. The van der Waals surface area contributed by atoms with Gasteiger partial charge in [-0.3, -0.25) is 4.79 Å². The van der Waals surface area contributed by atoms with Crippen molar-refractivity contribution in [1.82, 2.24) is 0 Å². The van der Waals surface area contributed by atoms with E-state index in [1.807, 2.05) is 0 Å². The number of carboxylic acid groups (broad SMARTS) is 3. The van der Waals surface area contributed by atoms with Gasteiger partial charge in [0.25, 0.3) is 5.97 Å². The van der Waals surface area contributed by atoms with Gasteiger partial charge in [0.15, 0.2) is 0 Å². The molecule has 0 amide bonds. The van der Waals surface area contributed by atoms with Crippen LogP contribution in [0.3, 0.4) is 0 Å². The first-order valence-electron chi connectivity index (χ1n) is 1.58. The molecule has 0 atom stereocenters. The molecule has 0 aliphatic rings. The van der Waals surface area contributed by atoms with Crippen molar-refractivity contribution < 1.29 is 24.9 Å². The molecule has 0 bridgehead atoms. The molecule has 0 aliphatic carbocycles. The summed E-state index contributed by atoms with van der Waals surface area (Å²) in [7, 11) is 0. The molecule has 0 unspecified atom stereocenters. The molecule has 10 heavy (non-hydrogen) atoms. The predicted octanol–water partition coefficient (Wildman–Crippen LogP) is -0.984. The molecule has 0 radical (unpaired) electrons. The van der Waals surface area contributed by atoms with E-state index in [1.165, 1.54) is 0 Å². The van der Waals surface area contributed by atoms with Gasteiger partial charge >= 0.3 is 109 Å². The first-order chi connectivity index (χ1) is 3.46. The van der Waals surface area contributed by atoms with E-state index in [0.717, 1.165) is 6.92 Å². The van der Waals surface area contributed by atoms with Crippen LogP contribution in [0.1, 0.15) is 6.92 Å². The van der Waals surface area contributed by atoms with Gasteiger partial charge in [-0.15, -0.1) is 0 Å². The molecule has 0 saturated heterocycles. The molecular formula is C3H8K2O5. The van der Waals surface area contributed by atoms with Gasteiger partial charge < -0.3 is 15.3 Å². The Morgan fingerprint density at radius 3 is 1.00 bits per heavy atom. The second kappa shape index (κ2) is 17.2. The second-order valence-corrected chi connectivity index (χ2v) is 0.802. The van der Waals surface area contributed by atoms with Crippen molar-refractivity contribution in [3.05, 3.63) is 0 Å². The Morgan fingerprint density at radius 1 is 1.00 bits per heavy atom. The number of carboxylic acids is 1. The average molecular weight is 202 g/mol. The van der Waals surface area contributed by atoms with Crippen molar-refractivity contribution in [1.29, 1.82) is 0 Å². The van der Waals surface area contributed by atoms with Gasteiger partial charge in [-0.05, 0) is 0 Å². The summed E-state index contributed by atoms with van der Waals surface area (Å²) in [6.07, 6.45) is -1.83. The van der Waals surface area contributed by atoms with Gasteiger partial charge in [0, 0.05) is 6.92 Å². The summed E-state index contributed by atoms with van der Waals surface area (Å²) < 4.78 is 0. The molecule has 52 valence electrons. The van der Waals surface area contributed by atoms with Crippen LogP contribution in [0.2, 0.25) is 0 Å². The van der Waals surface area contributed by atoms with Gasteiger partial charge in [-0.1, -0.05) is 0 Å². The van der Waals surface area contributed by atoms with Crippen molar-refractivity contribution in [3.63, 3.8) is 0 Å². The number of hydrogen-bond donors (Lipinski definition) is 3. The Balaban J connectivity index is -0.0000000300. The van der Waals surface area contributed by atoms with Crippen LogP contribution in [0.4, 0.5) is 4.79 Å². The van der Waals surface area contributed by atoms with Gasteiger partial charge in [0.2, 0.25) is 0 Å². The fraction of sp³-hybridized carbons (Fsp3) is 0.333. The van der Waals surface area contributed by atoms with Crippen molar-refractivity contribution in [2.24, 2.45) is 0 Å². The molecule has 3 N–H and O–H groups in total. The summed E-state index contributed by atoms with van der Waals surface area (Å²) in [5.74, 6) is -0.833. The fourth-order valence-corrected chi connectivity index (χ4v) is 0. The molecule has 0 saturated carbocycles. The number of hydrogen-bond acceptors (Lipinski definition) is 2. The third-order valence-corrected chi connectivity index (χ3v) is 0. The van der Waals surface area contributed by atoms with Gasteiger partial charge in [0.05, 0.1) is 0 Å².